The molecule has 0 aliphatic heterocycles. The molecule has 6 nitrogen and oxygen atoms in total. The summed E-state index contributed by atoms with van der Waals surface area (Å²) in [6, 6.07) is 6.35. The van der Waals surface area contributed by atoms with Crippen molar-refractivity contribution in [3.05, 3.63) is 53.0 Å². The van der Waals surface area contributed by atoms with Crippen molar-refractivity contribution in [3.8, 4) is 12.3 Å². The van der Waals surface area contributed by atoms with Gasteiger partial charge in [0.15, 0.2) is 5.60 Å². The van der Waals surface area contributed by atoms with Crippen LogP contribution >= 0.6 is 11.8 Å². The maximum absolute atomic E-state index is 13.7. The first-order valence-corrected chi connectivity index (χ1v) is 15.6. The third-order valence-electron chi connectivity index (χ3n) is 10.6. The highest BCUT2D eigenvalue weighted by Gasteiger charge is 2.70. The molecule has 41 heavy (non-hydrogen) atoms. The van der Waals surface area contributed by atoms with Crippen LogP contribution in [0.2, 0.25) is 0 Å². The van der Waals surface area contributed by atoms with Gasteiger partial charge in [0.2, 0.25) is 5.12 Å². The van der Waals surface area contributed by atoms with E-state index in [-0.39, 0.29) is 46.3 Å². The summed E-state index contributed by atoms with van der Waals surface area (Å²) in [6.07, 6.45) is 12.4. The summed E-state index contributed by atoms with van der Waals surface area (Å²) in [6.45, 7) is 5.98. The molecule has 5 rings (SSSR count). The summed E-state index contributed by atoms with van der Waals surface area (Å²) in [5.74, 6) is 2.24. The SMILES string of the molecule is C#CCSC(=O)[C@@]1(OC(=O)CC)CCC2[C@@H]3CCC4=CC([NH2+]c5ccc(F)cc5)=C(C=N)C[C@]4(C)C3[C@@H](O)C[C@@]21C. The van der Waals surface area contributed by atoms with Crippen LogP contribution < -0.4 is 5.32 Å². The Morgan fingerprint density at radius 2 is 2.02 bits per heavy atom. The number of allylic oxidation sites excluding steroid dienone is 3. The van der Waals surface area contributed by atoms with E-state index in [1.807, 2.05) is 12.2 Å². The molecule has 3 fully saturated rings. The van der Waals surface area contributed by atoms with E-state index in [2.05, 4.69) is 18.9 Å². The lowest BCUT2D eigenvalue weighted by Crippen LogP contribution is -2.76. The molecule has 0 saturated heterocycles. The van der Waals surface area contributed by atoms with E-state index >= 15 is 0 Å². The smallest absolute Gasteiger partial charge is 0.306 e. The molecule has 1 aromatic rings. The van der Waals surface area contributed by atoms with Crippen LogP contribution in [0.15, 0.2) is 47.2 Å². The van der Waals surface area contributed by atoms with E-state index in [9.17, 15) is 19.1 Å². The number of benzene rings is 1. The van der Waals surface area contributed by atoms with Crippen LogP contribution in [-0.4, -0.2) is 39.9 Å². The third kappa shape index (κ3) is 4.80. The zero-order chi connectivity index (χ0) is 29.6. The molecule has 0 spiro atoms. The molecule has 4 aliphatic rings. The monoisotopic (exact) mass is 579 g/mol. The molecule has 0 radical (unpaired) electrons. The number of nitrogens with two attached hydrogens (primary N) is 1. The summed E-state index contributed by atoms with van der Waals surface area (Å²) < 4.78 is 19.6. The van der Waals surface area contributed by atoms with Crippen molar-refractivity contribution in [2.24, 2.45) is 28.6 Å². The van der Waals surface area contributed by atoms with Gasteiger partial charge in [-0.3, -0.25) is 14.9 Å². The number of hydrogen-bond acceptors (Lipinski definition) is 6. The fourth-order valence-corrected chi connectivity index (χ4v) is 9.57. The second-order valence-corrected chi connectivity index (χ2v) is 13.5. The summed E-state index contributed by atoms with van der Waals surface area (Å²) in [7, 11) is 0. The normalized spacial score (nSPS) is 35.9. The lowest BCUT2D eigenvalue weighted by Gasteiger charge is -2.60. The minimum absolute atomic E-state index is 0.0472. The third-order valence-corrected chi connectivity index (χ3v) is 11.5. The van der Waals surface area contributed by atoms with E-state index in [0.29, 0.717) is 19.3 Å². The lowest BCUT2D eigenvalue weighted by atomic mass is 9.45. The zero-order valence-electron chi connectivity index (χ0n) is 24.0. The Labute approximate surface area is 246 Å². The van der Waals surface area contributed by atoms with Crippen LogP contribution in [0, 0.1) is 52.2 Å². The predicted molar refractivity (Wildman–Crippen MR) is 158 cm³/mol. The van der Waals surface area contributed by atoms with Gasteiger partial charge in [-0.2, -0.15) is 0 Å². The van der Waals surface area contributed by atoms with Crippen LogP contribution in [0.1, 0.15) is 65.7 Å². The van der Waals surface area contributed by atoms with Gasteiger partial charge in [-0.05, 0) is 79.9 Å². The summed E-state index contributed by atoms with van der Waals surface area (Å²) in [5, 5.41) is 22.0. The van der Waals surface area contributed by atoms with Gasteiger partial charge in [0.05, 0.1) is 11.9 Å². The standard InChI is InChI=1S/C33H39FN2O4S/c1-5-15-41-30(39)33(40-28(38)6-2)14-13-25-24-12-7-21-16-26(36-23-10-8-22(34)9-11-23)20(19-35)17-31(21,3)29(24)27(37)18-32(25,33)4/h1,8-11,16,19,24-25,27,29,35-37H,6-7,12-15,17-18H2,2-4H3/p+1/t24-,25?,27-,29?,31-,32-,33-/m0/s1. The highest BCUT2D eigenvalue weighted by atomic mass is 32.2. The van der Waals surface area contributed by atoms with Gasteiger partial charge in [0.25, 0.3) is 0 Å². The minimum atomic E-state index is -1.31. The quantitative estimate of drug-likeness (QED) is 0.182. The summed E-state index contributed by atoms with van der Waals surface area (Å²) >= 11 is 1.03. The van der Waals surface area contributed by atoms with Gasteiger partial charge in [0, 0.05) is 35.8 Å². The molecule has 7 atom stereocenters. The van der Waals surface area contributed by atoms with Gasteiger partial charge in [-0.25, -0.2) is 4.39 Å². The molecule has 0 bridgehead atoms. The molecular weight excluding hydrogens is 539 g/mol. The molecule has 8 heteroatoms. The van der Waals surface area contributed by atoms with Crippen molar-refractivity contribution >= 4 is 34.7 Å². The van der Waals surface area contributed by atoms with Crippen LogP contribution in [0.5, 0.6) is 0 Å². The number of halogens is 1. The number of carbonyl (C=O) groups excluding carboxylic acids is 2. The van der Waals surface area contributed by atoms with Crippen molar-refractivity contribution in [2.75, 3.05) is 5.75 Å². The van der Waals surface area contributed by atoms with E-state index in [0.717, 1.165) is 48.0 Å². The molecule has 3 saturated carbocycles. The number of rotatable bonds is 7. The van der Waals surface area contributed by atoms with Gasteiger partial charge >= 0.3 is 5.97 Å². The molecule has 2 unspecified atom stereocenters. The van der Waals surface area contributed by atoms with Crippen LogP contribution in [0.3, 0.4) is 0 Å². The second-order valence-electron chi connectivity index (χ2n) is 12.6. The Morgan fingerprint density at radius 3 is 2.68 bits per heavy atom. The molecule has 4 aliphatic carbocycles. The van der Waals surface area contributed by atoms with Gasteiger partial charge < -0.3 is 15.3 Å². The number of terminal acetylenes is 1. The largest absolute Gasteiger partial charge is 0.449 e. The molecule has 1 aromatic carbocycles. The van der Waals surface area contributed by atoms with E-state index in [1.54, 1.807) is 19.1 Å². The van der Waals surface area contributed by atoms with Crippen molar-refractivity contribution in [1.82, 2.24) is 0 Å². The minimum Gasteiger partial charge on any atom is -0.449 e. The van der Waals surface area contributed by atoms with E-state index in [1.165, 1.54) is 23.9 Å². The number of quaternary nitrogens is 1. The first-order valence-electron chi connectivity index (χ1n) is 14.6. The Kier molecular flexibility index (Phi) is 8.10. The Balaban J connectivity index is 1.48. The van der Waals surface area contributed by atoms with Gasteiger partial charge in [-0.15, -0.1) is 6.42 Å². The average molecular weight is 580 g/mol. The average Bonchev–Trinajstić information content (AvgIpc) is 3.24. The van der Waals surface area contributed by atoms with Crippen LogP contribution in [0.4, 0.5) is 10.1 Å². The Bertz CT molecular complexity index is 1350. The molecule has 218 valence electrons. The topological polar surface area (TPSA) is 104 Å². The Hall–Kier alpha value is -2.73. The van der Waals surface area contributed by atoms with Crippen molar-refractivity contribution in [3.63, 3.8) is 0 Å². The van der Waals surface area contributed by atoms with Crippen LogP contribution in [0.25, 0.3) is 0 Å². The number of fused-ring (bicyclic) bond motifs is 5. The lowest BCUT2D eigenvalue weighted by molar-refractivity contribution is -0.513. The first-order chi connectivity index (χ1) is 19.5. The molecule has 0 aromatic heterocycles. The highest BCUT2D eigenvalue weighted by molar-refractivity contribution is 8.14. The highest BCUT2D eigenvalue weighted by Crippen LogP contribution is 2.69. The number of aliphatic hydroxyl groups is 1. The van der Waals surface area contributed by atoms with Crippen molar-refractivity contribution < 1.29 is 29.1 Å². The number of carbonyl (C=O) groups is 2. The first kappa shape index (κ1) is 29.8. The maximum atomic E-state index is 13.7. The number of nitrogens with one attached hydrogen (secondary N) is 1. The summed E-state index contributed by atoms with van der Waals surface area (Å²) in [4.78, 5) is 26.4. The Morgan fingerprint density at radius 1 is 1.29 bits per heavy atom. The van der Waals surface area contributed by atoms with Crippen molar-refractivity contribution in [1.29, 1.82) is 5.41 Å². The number of aliphatic hydroxyl groups excluding tert-OH is 1. The molecule has 0 amide bonds. The van der Waals surface area contributed by atoms with E-state index in [4.69, 9.17) is 16.6 Å². The van der Waals surface area contributed by atoms with Gasteiger partial charge in [-0.1, -0.05) is 44.0 Å². The fraction of sp³-hybridized carbons (Fsp3) is 0.545. The number of ether oxygens (including phenoxy) is 1. The fourth-order valence-electron chi connectivity index (χ4n) is 8.75. The van der Waals surface area contributed by atoms with Crippen molar-refractivity contribution in [2.45, 2.75) is 77.4 Å². The number of esters is 1. The zero-order valence-corrected chi connectivity index (χ0v) is 24.9. The number of hydrogen-bond donors (Lipinski definition) is 3. The molecular formula is C33H40FN2O4S+. The summed E-state index contributed by atoms with van der Waals surface area (Å²) in [5.41, 5.74) is 1.63. The molecule has 0 heterocycles. The number of thioether (sulfide) groups is 1. The molecule has 4 N–H and O–H groups in total. The van der Waals surface area contributed by atoms with E-state index < -0.39 is 23.1 Å². The van der Waals surface area contributed by atoms with Gasteiger partial charge in [0.1, 0.15) is 17.2 Å². The maximum Gasteiger partial charge on any atom is 0.306 e. The predicted octanol–water partition coefficient (Wildman–Crippen LogP) is 5.05. The van der Waals surface area contributed by atoms with Crippen LogP contribution in [-0.2, 0) is 14.3 Å². The second kappa shape index (κ2) is 11.2.